The highest BCUT2D eigenvalue weighted by atomic mass is 14.7. The van der Waals surface area contributed by atoms with Crippen LogP contribution in [0.2, 0.25) is 0 Å². The fraction of sp³-hybridized carbons (Fsp3) is 0.556. The number of allylic oxidation sites excluding steroid dienone is 1. The summed E-state index contributed by atoms with van der Waals surface area (Å²) >= 11 is 0. The van der Waals surface area contributed by atoms with Crippen LogP contribution in [-0.4, -0.2) is 5.54 Å². The summed E-state index contributed by atoms with van der Waals surface area (Å²) in [6.45, 7) is 4.25. The quantitative estimate of drug-likeness (QED) is 0.592. The first-order valence-corrected chi connectivity index (χ1v) is 3.98. The number of nitrogens with two attached hydrogens (primary N) is 2. The van der Waals surface area contributed by atoms with E-state index >= 15 is 0 Å². The zero-order valence-electron chi connectivity index (χ0n) is 7.17. The third kappa shape index (κ3) is 1.63. The van der Waals surface area contributed by atoms with Gasteiger partial charge in [0.05, 0.1) is 0 Å². The Morgan fingerprint density at radius 3 is 2.55 bits per heavy atom. The van der Waals surface area contributed by atoms with E-state index in [1.807, 2.05) is 18.2 Å². The first kappa shape index (κ1) is 8.34. The van der Waals surface area contributed by atoms with E-state index < -0.39 is 0 Å². The van der Waals surface area contributed by atoms with Crippen LogP contribution in [0.1, 0.15) is 20.3 Å². The zero-order chi connectivity index (χ0) is 8.48. The number of hydrogen-bond acceptors (Lipinski definition) is 2. The fourth-order valence-electron chi connectivity index (χ4n) is 1.11. The lowest BCUT2D eigenvalue weighted by molar-refractivity contribution is 0.384. The van der Waals surface area contributed by atoms with Crippen LogP contribution in [0.5, 0.6) is 0 Å². The maximum Gasteiger partial charge on any atom is 0.0402 e. The van der Waals surface area contributed by atoms with Gasteiger partial charge in [-0.3, -0.25) is 0 Å². The topological polar surface area (TPSA) is 52.0 Å². The van der Waals surface area contributed by atoms with Gasteiger partial charge in [-0.25, -0.2) is 0 Å². The molecule has 1 aliphatic rings. The molecule has 0 aliphatic heterocycles. The monoisotopic (exact) mass is 152 g/mol. The third-order valence-corrected chi connectivity index (χ3v) is 2.35. The first-order chi connectivity index (χ1) is 5.04. The Hall–Kier alpha value is -0.760. The van der Waals surface area contributed by atoms with Crippen LogP contribution < -0.4 is 11.5 Å². The average Bonchev–Trinajstić information content (AvgIpc) is 1.95. The minimum absolute atomic E-state index is 0.178. The molecule has 2 heteroatoms. The first-order valence-electron chi connectivity index (χ1n) is 3.98. The van der Waals surface area contributed by atoms with E-state index in [1.54, 1.807) is 0 Å². The molecule has 0 aromatic rings. The van der Waals surface area contributed by atoms with E-state index in [-0.39, 0.29) is 5.54 Å². The summed E-state index contributed by atoms with van der Waals surface area (Å²) in [4.78, 5) is 0. The van der Waals surface area contributed by atoms with Crippen molar-refractivity contribution in [1.82, 2.24) is 0 Å². The van der Waals surface area contributed by atoms with Gasteiger partial charge in [-0.2, -0.15) is 0 Å². The van der Waals surface area contributed by atoms with E-state index in [1.165, 1.54) is 0 Å². The Morgan fingerprint density at radius 2 is 2.18 bits per heavy atom. The van der Waals surface area contributed by atoms with Gasteiger partial charge in [0, 0.05) is 11.2 Å². The molecule has 0 aromatic carbocycles. The Balaban J connectivity index is 2.74. The lowest BCUT2D eigenvalue weighted by atomic mass is 9.81. The Labute approximate surface area is 68.0 Å². The summed E-state index contributed by atoms with van der Waals surface area (Å²) in [5.74, 6) is 0.461. The zero-order valence-corrected chi connectivity index (χ0v) is 7.17. The third-order valence-electron chi connectivity index (χ3n) is 2.35. The van der Waals surface area contributed by atoms with Gasteiger partial charge in [0.25, 0.3) is 0 Å². The Bertz CT molecular complexity index is 204. The van der Waals surface area contributed by atoms with Crippen molar-refractivity contribution < 1.29 is 0 Å². The maximum atomic E-state index is 6.08. The molecule has 0 saturated heterocycles. The predicted molar refractivity (Wildman–Crippen MR) is 47.8 cm³/mol. The highest BCUT2D eigenvalue weighted by molar-refractivity contribution is 5.27. The van der Waals surface area contributed by atoms with Crippen LogP contribution in [-0.2, 0) is 0 Å². The molecule has 11 heavy (non-hydrogen) atoms. The molecular formula is C9H16N2. The molecule has 1 unspecified atom stereocenters. The molecule has 0 bridgehead atoms. The summed E-state index contributed by atoms with van der Waals surface area (Å²) in [6, 6.07) is 0. The predicted octanol–water partition coefficient (Wildman–Crippen LogP) is 1.14. The summed E-state index contributed by atoms with van der Waals surface area (Å²) in [5.41, 5.74) is 12.3. The minimum Gasteiger partial charge on any atom is -0.399 e. The van der Waals surface area contributed by atoms with Gasteiger partial charge < -0.3 is 11.5 Å². The van der Waals surface area contributed by atoms with Crippen molar-refractivity contribution in [3.05, 3.63) is 23.9 Å². The maximum absolute atomic E-state index is 6.08. The molecule has 0 spiro atoms. The Kier molecular flexibility index (Phi) is 2.05. The molecule has 2 nitrogen and oxygen atoms in total. The average molecular weight is 152 g/mol. The van der Waals surface area contributed by atoms with Crippen LogP contribution in [0.4, 0.5) is 0 Å². The van der Waals surface area contributed by atoms with Gasteiger partial charge in [-0.05, 0) is 18.4 Å². The number of hydrogen-bond donors (Lipinski definition) is 2. The fourth-order valence-corrected chi connectivity index (χ4v) is 1.11. The molecule has 0 heterocycles. The minimum atomic E-state index is -0.178. The van der Waals surface area contributed by atoms with Crippen molar-refractivity contribution in [2.75, 3.05) is 0 Å². The lowest BCUT2D eigenvalue weighted by Gasteiger charge is -2.31. The molecule has 0 fully saturated rings. The number of rotatable bonds is 1. The van der Waals surface area contributed by atoms with Crippen molar-refractivity contribution >= 4 is 0 Å². The van der Waals surface area contributed by atoms with Gasteiger partial charge in [0.2, 0.25) is 0 Å². The molecule has 0 radical (unpaired) electrons. The van der Waals surface area contributed by atoms with E-state index in [0.717, 1.165) is 12.1 Å². The molecular weight excluding hydrogens is 136 g/mol. The van der Waals surface area contributed by atoms with Crippen molar-refractivity contribution in [3.8, 4) is 0 Å². The Morgan fingerprint density at radius 1 is 1.55 bits per heavy atom. The van der Waals surface area contributed by atoms with E-state index in [9.17, 15) is 0 Å². The molecule has 1 atom stereocenters. The SMILES string of the molecule is CC(C)C1(N)C=CC(N)=CC1. The van der Waals surface area contributed by atoms with E-state index in [4.69, 9.17) is 11.5 Å². The van der Waals surface area contributed by atoms with Crippen LogP contribution in [0, 0.1) is 5.92 Å². The molecule has 62 valence electrons. The second-order valence-electron chi connectivity index (χ2n) is 3.51. The molecule has 0 saturated carbocycles. The second-order valence-corrected chi connectivity index (χ2v) is 3.51. The second kappa shape index (κ2) is 2.70. The highest BCUT2D eigenvalue weighted by Crippen LogP contribution is 2.24. The normalized spacial score (nSPS) is 30.7. The van der Waals surface area contributed by atoms with Crippen molar-refractivity contribution in [2.24, 2.45) is 17.4 Å². The molecule has 0 aromatic heterocycles. The smallest absolute Gasteiger partial charge is 0.0402 e. The van der Waals surface area contributed by atoms with Gasteiger partial charge in [-0.1, -0.05) is 26.0 Å². The standard InChI is InChI=1S/C9H16N2/c1-7(2)9(11)5-3-8(10)4-6-9/h3-5,7H,6,10-11H2,1-2H3. The summed E-state index contributed by atoms with van der Waals surface area (Å²) in [7, 11) is 0. The summed E-state index contributed by atoms with van der Waals surface area (Å²) in [5, 5.41) is 0. The molecule has 0 amide bonds. The van der Waals surface area contributed by atoms with E-state index in [0.29, 0.717) is 5.92 Å². The van der Waals surface area contributed by atoms with Crippen molar-refractivity contribution in [2.45, 2.75) is 25.8 Å². The van der Waals surface area contributed by atoms with Crippen molar-refractivity contribution in [3.63, 3.8) is 0 Å². The van der Waals surface area contributed by atoms with Crippen molar-refractivity contribution in [1.29, 1.82) is 0 Å². The highest BCUT2D eigenvalue weighted by Gasteiger charge is 2.26. The van der Waals surface area contributed by atoms with Crippen LogP contribution in [0.25, 0.3) is 0 Å². The van der Waals surface area contributed by atoms with Crippen LogP contribution >= 0.6 is 0 Å². The van der Waals surface area contributed by atoms with Gasteiger partial charge in [0.15, 0.2) is 0 Å². The largest absolute Gasteiger partial charge is 0.399 e. The van der Waals surface area contributed by atoms with E-state index in [2.05, 4.69) is 13.8 Å². The summed E-state index contributed by atoms with van der Waals surface area (Å²) < 4.78 is 0. The van der Waals surface area contributed by atoms with Gasteiger partial charge in [-0.15, -0.1) is 0 Å². The molecule has 1 aliphatic carbocycles. The van der Waals surface area contributed by atoms with Gasteiger partial charge in [0.1, 0.15) is 0 Å². The molecule has 4 N–H and O–H groups in total. The van der Waals surface area contributed by atoms with Crippen LogP contribution in [0.3, 0.4) is 0 Å². The van der Waals surface area contributed by atoms with Crippen LogP contribution in [0.15, 0.2) is 23.9 Å². The lowest BCUT2D eigenvalue weighted by Crippen LogP contribution is -2.43. The molecule has 1 rings (SSSR count). The summed E-state index contributed by atoms with van der Waals surface area (Å²) in [6.07, 6.45) is 6.74. The van der Waals surface area contributed by atoms with Gasteiger partial charge >= 0.3 is 0 Å².